The highest BCUT2D eigenvalue weighted by Gasteiger charge is 2.62. The molecule has 2 aromatic carbocycles. The number of hydrogen-bond donors (Lipinski definition) is 1. The second-order valence-corrected chi connectivity index (χ2v) is 12.4. The fourth-order valence-corrected chi connectivity index (χ4v) is 7.39. The zero-order chi connectivity index (χ0) is 28.2. The monoisotopic (exact) mass is 547 g/mol. The van der Waals surface area contributed by atoms with Crippen LogP contribution in [0.4, 0.5) is 8.78 Å². The van der Waals surface area contributed by atoms with Crippen LogP contribution in [0.2, 0.25) is 0 Å². The van der Waals surface area contributed by atoms with Crippen LogP contribution < -0.4 is 9.47 Å². The fourth-order valence-electron chi connectivity index (χ4n) is 7.39. The number of ether oxygens (including phenoxy) is 2. The molecule has 6 rings (SSSR count). The highest BCUT2D eigenvalue weighted by molar-refractivity contribution is 5.78. The molecule has 0 aliphatic heterocycles. The van der Waals surface area contributed by atoms with E-state index < -0.39 is 28.9 Å². The Labute approximate surface area is 233 Å². The molecule has 0 bridgehead atoms. The summed E-state index contributed by atoms with van der Waals surface area (Å²) in [5.74, 6) is -1.51. The molecule has 1 heterocycles. The molecule has 3 atom stereocenters. The number of carboxylic acids is 1. The van der Waals surface area contributed by atoms with Crippen LogP contribution in [-0.4, -0.2) is 23.2 Å². The van der Waals surface area contributed by atoms with Gasteiger partial charge >= 0.3 is 5.97 Å². The van der Waals surface area contributed by atoms with Gasteiger partial charge in [0.1, 0.15) is 12.4 Å². The van der Waals surface area contributed by atoms with E-state index in [-0.39, 0.29) is 23.7 Å². The molecule has 0 amide bonds. The summed E-state index contributed by atoms with van der Waals surface area (Å²) in [5.41, 5.74) is 4.03. The molecular weight excluding hydrogens is 512 g/mol. The van der Waals surface area contributed by atoms with Crippen molar-refractivity contribution < 1.29 is 28.2 Å². The third kappa shape index (κ3) is 4.43. The van der Waals surface area contributed by atoms with Crippen LogP contribution in [-0.2, 0) is 23.2 Å². The maximum absolute atomic E-state index is 15.9. The topological polar surface area (TPSA) is 68.7 Å². The van der Waals surface area contributed by atoms with Gasteiger partial charge in [-0.25, -0.2) is 13.8 Å². The van der Waals surface area contributed by atoms with Gasteiger partial charge in [-0.05, 0) is 78.2 Å². The Hall–Kier alpha value is -3.48. The molecule has 7 heteroatoms. The van der Waals surface area contributed by atoms with E-state index in [0.717, 1.165) is 54.4 Å². The van der Waals surface area contributed by atoms with Crippen LogP contribution in [0.1, 0.15) is 80.5 Å². The zero-order valence-electron chi connectivity index (χ0n) is 23.2. The van der Waals surface area contributed by atoms with Crippen LogP contribution >= 0.6 is 0 Å². The average molecular weight is 548 g/mol. The van der Waals surface area contributed by atoms with Crippen molar-refractivity contribution in [3.05, 3.63) is 76.5 Å². The van der Waals surface area contributed by atoms with Gasteiger partial charge in [0, 0.05) is 22.6 Å². The fraction of sp³-hybridized carbons (Fsp3) is 0.455. The maximum atomic E-state index is 15.9. The molecule has 2 fully saturated rings. The van der Waals surface area contributed by atoms with Crippen LogP contribution in [0, 0.1) is 23.0 Å². The molecule has 3 aromatic rings. The lowest BCUT2D eigenvalue weighted by atomic mass is 9.75. The number of benzene rings is 2. The van der Waals surface area contributed by atoms with Crippen LogP contribution in [0.5, 0.6) is 11.6 Å². The molecule has 0 unspecified atom stereocenters. The number of carboxylic acid groups (broad SMARTS) is 1. The van der Waals surface area contributed by atoms with E-state index in [4.69, 9.17) is 9.47 Å². The molecule has 210 valence electrons. The molecule has 2 saturated carbocycles. The van der Waals surface area contributed by atoms with Gasteiger partial charge in [0.15, 0.2) is 11.6 Å². The number of methoxy groups -OCH3 is 1. The number of aliphatic carboxylic acids is 1. The van der Waals surface area contributed by atoms with Crippen molar-refractivity contribution in [3.63, 3.8) is 0 Å². The summed E-state index contributed by atoms with van der Waals surface area (Å²) < 4.78 is 42.2. The molecule has 0 saturated heterocycles. The number of halogens is 2. The first kappa shape index (κ1) is 26.7. The van der Waals surface area contributed by atoms with Crippen LogP contribution in [0.25, 0.3) is 11.1 Å². The van der Waals surface area contributed by atoms with Crippen molar-refractivity contribution in [2.75, 3.05) is 7.11 Å². The van der Waals surface area contributed by atoms with Crippen LogP contribution in [0.3, 0.4) is 0 Å². The van der Waals surface area contributed by atoms with E-state index in [0.29, 0.717) is 29.8 Å². The predicted molar refractivity (Wildman–Crippen MR) is 148 cm³/mol. The van der Waals surface area contributed by atoms with E-state index in [1.807, 2.05) is 18.2 Å². The minimum atomic E-state index is -0.857. The van der Waals surface area contributed by atoms with E-state index in [1.54, 1.807) is 12.1 Å². The number of aryl methyl sites for hydroxylation is 1. The summed E-state index contributed by atoms with van der Waals surface area (Å²) in [6.45, 7) is 4.65. The lowest BCUT2D eigenvalue weighted by Gasteiger charge is -2.30. The standard InChI is InChI=1S/C33H35F2NO4/c1-32(2)12-5-7-24(32)22-14-19(8-10-21(22)23-15-28(39-3)36-17-26(23)34)18-40-27-11-9-20-6-4-13-33(29(20)30(27)35)16-25(33)31(37)38/h8-11,14-15,17,24-25H,4-7,12-13,16,18H2,1-3H3,(H,37,38)/t24-,25-,33+/m0/s1. The second kappa shape index (κ2) is 9.86. The van der Waals surface area contributed by atoms with Gasteiger partial charge in [0.05, 0.1) is 19.2 Å². The summed E-state index contributed by atoms with van der Waals surface area (Å²) in [7, 11) is 1.51. The maximum Gasteiger partial charge on any atom is 0.307 e. The molecule has 0 radical (unpaired) electrons. The molecule has 3 aliphatic rings. The molecule has 40 heavy (non-hydrogen) atoms. The van der Waals surface area contributed by atoms with E-state index >= 15 is 8.78 Å². The minimum Gasteiger partial charge on any atom is -0.486 e. The Balaban J connectivity index is 1.33. The largest absolute Gasteiger partial charge is 0.486 e. The first-order chi connectivity index (χ1) is 19.1. The van der Waals surface area contributed by atoms with Gasteiger partial charge in [-0.2, -0.15) is 0 Å². The summed E-state index contributed by atoms with van der Waals surface area (Å²) >= 11 is 0. The quantitative estimate of drug-likeness (QED) is 0.330. The van der Waals surface area contributed by atoms with Crippen molar-refractivity contribution in [2.24, 2.45) is 11.3 Å². The van der Waals surface area contributed by atoms with E-state index in [2.05, 4.69) is 24.9 Å². The zero-order valence-corrected chi connectivity index (χ0v) is 23.2. The Bertz CT molecular complexity index is 1490. The van der Waals surface area contributed by atoms with Crippen molar-refractivity contribution in [3.8, 4) is 22.8 Å². The summed E-state index contributed by atoms with van der Waals surface area (Å²) in [4.78, 5) is 15.7. The number of pyridine rings is 1. The SMILES string of the molecule is COc1cc(-c2ccc(COc3ccc4c(c3F)[C@]3(CCC4)C[C@H]3C(=O)O)cc2[C@@H]2CCCC2(C)C)c(F)cn1. The highest BCUT2D eigenvalue weighted by atomic mass is 19.1. The lowest BCUT2D eigenvalue weighted by Crippen LogP contribution is -2.23. The lowest BCUT2D eigenvalue weighted by molar-refractivity contribution is -0.139. The van der Waals surface area contributed by atoms with Gasteiger partial charge in [-0.15, -0.1) is 0 Å². The number of fused-ring (bicyclic) bond motifs is 2. The number of aromatic nitrogens is 1. The number of rotatable bonds is 7. The molecule has 1 aromatic heterocycles. The normalized spacial score (nSPS) is 24.5. The van der Waals surface area contributed by atoms with Gasteiger partial charge in [0.25, 0.3) is 0 Å². The number of nitrogens with zero attached hydrogens (tertiary/aromatic N) is 1. The minimum absolute atomic E-state index is 0.0473. The predicted octanol–water partition coefficient (Wildman–Crippen LogP) is 7.59. The molecular formula is C33H35F2NO4. The van der Waals surface area contributed by atoms with Gasteiger partial charge in [0.2, 0.25) is 5.88 Å². The van der Waals surface area contributed by atoms with Crippen molar-refractivity contribution in [1.82, 2.24) is 4.98 Å². The average Bonchev–Trinajstić information content (AvgIpc) is 3.53. The summed E-state index contributed by atoms with van der Waals surface area (Å²) in [6.07, 6.45) is 7.16. The third-order valence-electron chi connectivity index (χ3n) is 9.61. The van der Waals surface area contributed by atoms with E-state index in [9.17, 15) is 9.90 Å². The Morgan fingerprint density at radius 3 is 2.62 bits per heavy atom. The summed E-state index contributed by atoms with van der Waals surface area (Å²) in [5, 5.41) is 9.62. The van der Waals surface area contributed by atoms with Gasteiger partial charge < -0.3 is 14.6 Å². The van der Waals surface area contributed by atoms with Crippen molar-refractivity contribution in [1.29, 1.82) is 0 Å². The van der Waals surface area contributed by atoms with Gasteiger partial charge in [-0.1, -0.05) is 44.5 Å². The molecule has 5 nitrogen and oxygen atoms in total. The molecule has 3 aliphatic carbocycles. The molecule has 1 N–H and O–H groups in total. The Kier molecular flexibility index (Phi) is 6.59. The number of carbonyl (C=O) groups is 1. The van der Waals surface area contributed by atoms with Crippen LogP contribution in [0.15, 0.2) is 42.6 Å². The Morgan fingerprint density at radius 1 is 1.10 bits per heavy atom. The first-order valence-corrected chi connectivity index (χ1v) is 14.1. The smallest absolute Gasteiger partial charge is 0.307 e. The number of hydrogen-bond acceptors (Lipinski definition) is 4. The third-order valence-corrected chi connectivity index (χ3v) is 9.61. The Morgan fingerprint density at radius 2 is 1.93 bits per heavy atom. The van der Waals surface area contributed by atoms with Crippen molar-refractivity contribution >= 4 is 5.97 Å². The van der Waals surface area contributed by atoms with Crippen molar-refractivity contribution in [2.45, 2.75) is 76.7 Å². The molecule has 1 spiro atoms. The second-order valence-electron chi connectivity index (χ2n) is 12.4. The first-order valence-electron chi connectivity index (χ1n) is 14.1. The summed E-state index contributed by atoms with van der Waals surface area (Å²) in [6, 6.07) is 11.1. The van der Waals surface area contributed by atoms with E-state index in [1.165, 1.54) is 13.3 Å². The highest BCUT2D eigenvalue weighted by Crippen LogP contribution is 2.61. The van der Waals surface area contributed by atoms with Gasteiger partial charge in [-0.3, -0.25) is 4.79 Å².